The fourth-order valence-electron chi connectivity index (χ4n) is 4.97. The van der Waals surface area contributed by atoms with E-state index in [1.807, 2.05) is 6.08 Å². The minimum atomic E-state index is 0.930. The zero-order chi connectivity index (χ0) is 16.3. The molecule has 23 heavy (non-hydrogen) atoms. The molecule has 0 unspecified atom stereocenters. The highest BCUT2D eigenvalue weighted by atomic mass is 14.3. The summed E-state index contributed by atoms with van der Waals surface area (Å²) in [7, 11) is 0. The van der Waals surface area contributed by atoms with Gasteiger partial charge in [-0.05, 0) is 36.5 Å². The number of hydrogen-bond donors (Lipinski definition) is 0. The van der Waals surface area contributed by atoms with Crippen LogP contribution in [0.3, 0.4) is 0 Å². The molecular formula is C22H37N. The van der Waals surface area contributed by atoms with Crippen LogP contribution in [0.1, 0.15) is 96.8 Å². The molecule has 0 aromatic rings. The lowest BCUT2D eigenvalue weighted by Gasteiger charge is -2.32. The Hall–Kier alpha value is -0.770. The molecule has 0 aliphatic heterocycles. The summed E-state index contributed by atoms with van der Waals surface area (Å²) in [5.41, 5.74) is 0. The van der Waals surface area contributed by atoms with E-state index in [4.69, 9.17) is 5.26 Å². The Morgan fingerprint density at radius 3 is 1.61 bits per heavy atom. The zero-order valence-corrected chi connectivity index (χ0v) is 15.3. The van der Waals surface area contributed by atoms with Crippen molar-refractivity contribution in [3.05, 3.63) is 12.2 Å². The average molecular weight is 316 g/mol. The maximum Gasteiger partial charge on any atom is 0.0908 e. The highest BCUT2D eigenvalue weighted by molar-refractivity contribution is 5.01. The van der Waals surface area contributed by atoms with Gasteiger partial charge in [0, 0.05) is 6.08 Å². The maximum atomic E-state index is 8.51. The molecule has 0 aromatic carbocycles. The normalized spacial score (nSPS) is 32.0. The second-order valence-electron chi connectivity index (χ2n) is 8.25. The third kappa shape index (κ3) is 7.11. The Labute approximate surface area is 144 Å². The van der Waals surface area contributed by atoms with Gasteiger partial charge in [-0.15, -0.1) is 0 Å². The van der Waals surface area contributed by atoms with Gasteiger partial charge in [-0.25, -0.2) is 0 Å². The summed E-state index contributed by atoms with van der Waals surface area (Å²) >= 11 is 0. The second kappa shape index (κ2) is 10.9. The van der Waals surface area contributed by atoms with Crippen molar-refractivity contribution in [3.8, 4) is 6.07 Å². The van der Waals surface area contributed by atoms with Crippen molar-refractivity contribution < 1.29 is 0 Å². The van der Waals surface area contributed by atoms with E-state index in [-0.39, 0.29) is 0 Å². The molecular weight excluding hydrogens is 278 g/mol. The van der Waals surface area contributed by atoms with Gasteiger partial charge < -0.3 is 0 Å². The second-order valence-corrected chi connectivity index (χ2v) is 8.25. The molecule has 2 fully saturated rings. The monoisotopic (exact) mass is 315 g/mol. The molecule has 2 rings (SSSR count). The first-order valence-electron chi connectivity index (χ1n) is 10.4. The molecule has 1 nitrogen and oxygen atoms in total. The molecule has 2 aliphatic carbocycles. The molecule has 0 bridgehead atoms. The van der Waals surface area contributed by atoms with E-state index in [0.717, 1.165) is 30.1 Å². The van der Waals surface area contributed by atoms with Gasteiger partial charge in [0.15, 0.2) is 0 Å². The van der Waals surface area contributed by atoms with Crippen LogP contribution in [0.5, 0.6) is 0 Å². The molecule has 0 heterocycles. The van der Waals surface area contributed by atoms with Crippen LogP contribution in [0, 0.1) is 35.0 Å². The van der Waals surface area contributed by atoms with Gasteiger partial charge in [-0.1, -0.05) is 90.0 Å². The Balaban J connectivity index is 1.53. The number of rotatable bonds is 8. The summed E-state index contributed by atoms with van der Waals surface area (Å²) in [5, 5.41) is 8.51. The van der Waals surface area contributed by atoms with Gasteiger partial charge in [-0.2, -0.15) is 5.26 Å². The van der Waals surface area contributed by atoms with Crippen LogP contribution in [-0.4, -0.2) is 0 Å². The smallest absolute Gasteiger partial charge is 0.0908 e. The van der Waals surface area contributed by atoms with Gasteiger partial charge in [0.1, 0.15) is 0 Å². The largest absolute Gasteiger partial charge is 0.193 e. The fourth-order valence-corrected chi connectivity index (χ4v) is 4.97. The van der Waals surface area contributed by atoms with E-state index in [1.54, 1.807) is 6.08 Å². The quantitative estimate of drug-likeness (QED) is 0.441. The van der Waals surface area contributed by atoms with Crippen molar-refractivity contribution in [1.82, 2.24) is 0 Å². The summed E-state index contributed by atoms with van der Waals surface area (Å²) in [6, 6.07) is 2.09. The van der Waals surface area contributed by atoms with E-state index in [1.165, 1.54) is 83.5 Å². The Kier molecular flexibility index (Phi) is 8.80. The van der Waals surface area contributed by atoms with Crippen LogP contribution < -0.4 is 0 Å². The van der Waals surface area contributed by atoms with Gasteiger partial charge >= 0.3 is 0 Å². The van der Waals surface area contributed by atoms with Crippen LogP contribution in [0.25, 0.3) is 0 Å². The van der Waals surface area contributed by atoms with Gasteiger partial charge in [0.2, 0.25) is 0 Å². The first kappa shape index (κ1) is 18.6. The zero-order valence-electron chi connectivity index (χ0n) is 15.3. The highest BCUT2D eigenvalue weighted by Gasteiger charge is 2.24. The molecule has 0 atom stereocenters. The first-order valence-corrected chi connectivity index (χ1v) is 10.4. The summed E-state index contributed by atoms with van der Waals surface area (Å²) in [6.45, 7) is 2.34. The topological polar surface area (TPSA) is 23.8 Å². The van der Waals surface area contributed by atoms with Crippen molar-refractivity contribution >= 4 is 0 Å². The lowest BCUT2D eigenvalue weighted by Crippen LogP contribution is -2.18. The molecule has 2 aliphatic rings. The van der Waals surface area contributed by atoms with Crippen LogP contribution in [0.2, 0.25) is 0 Å². The number of allylic oxidation sites excluding steroid dienone is 2. The summed E-state index contributed by atoms with van der Waals surface area (Å²) in [6.07, 6.45) is 23.8. The molecule has 0 N–H and O–H groups in total. The van der Waals surface area contributed by atoms with Crippen molar-refractivity contribution in [3.63, 3.8) is 0 Å². The Morgan fingerprint density at radius 2 is 1.17 bits per heavy atom. The standard InChI is InChI=1S/C22H37N/c1-2-6-19-8-12-21(13-9-19)16-17-22-14-10-20(11-15-22)7-4-3-5-18-23/h3,5,19-22H,2,4,6-17H2,1H3/t19-,20?,21-,22?. The van der Waals surface area contributed by atoms with Gasteiger partial charge in [-0.3, -0.25) is 0 Å². The predicted octanol–water partition coefficient (Wildman–Crippen LogP) is 7.04. The van der Waals surface area contributed by atoms with Gasteiger partial charge in [0.25, 0.3) is 0 Å². The third-order valence-corrected chi connectivity index (χ3v) is 6.55. The lowest BCUT2D eigenvalue weighted by atomic mass is 9.74. The number of nitrogens with zero attached hydrogens (tertiary/aromatic N) is 1. The highest BCUT2D eigenvalue weighted by Crippen LogP contribution is 2.38. The first-order chi connectivity index (χ1) is 11.3. The molecule has 0 radical (unpaired) electrons. The molecule has 2 saturated carbocycles. The molecule has 0 aromatic heterocycles. The van der Waals surface area contributed by atoms with E-state index < -0.39 is 0 Å². The molecule has 130 valence electrons. The molecule has 1 heteroatoms. The van der Waals surface area contributed by atoms with E-state index in [0.29, 0.717) is 0 Å². The number of nitriles is 1. The Bertz CT molecular complexity index is 362. The van der Waals surface area contributed by atoms with E-state index >= 15 is 0 Å². The van der Waals surface area contributed by atoms with Crippen molar-refractivity contribution in [2.24, 2.45) is 23.7 Å². The van der Waals surface area contributed by atoms with E-state index in [2.05, 4.69) is 13.0 Å². The van der Waals surface area contributed by atoms with Gasteiger partial charge in [0.05, 0.1) is 6.07 Å². The van der Waals surface area contributed by atoms with Crippen LogP contribution >= 0.6 is 0 Å². The fraction of sp³-hybridized carbons (Fsp3) is 0.864. The van der Waals surface area contributed by atoms with Crippen molar-refractivity contribution in [1.29, 1.82) is 5.26 Å². The Morgan fingerprint density at radius 1 is 0.739 bits per heavy atom. The van der Waals surface area contributed by atoms with E-state index in [9.17, 15) is 0 Å². The summed E-state index contributed by atoms with van der Waals surface area (Å²) < 4.78 is 0. The van der Waals surface area contributed by atoms with Crippen molar-refractivity contribution in [2.75, 3.05) is 0 Å². The maximum absolute atomic E-state index is 8.51. The predicted molar refractivity (Wildman–Crippen MR) is 99.0 cm³/mol. The minimum absolute atomic E-state index is 0.930. The van der Waals surface area contributed by atoms with Crippen LogP contribution in [-0.2, 0) is 0 Å². The number of hydrogen-bond acceptors (Lipinski definition) is 1. The van der Waals surface area contributed by atoms with Crippen LogP contribution in [0.15, 0.2) is 12.2 Å². The minimum Gasteiger partial charge on any atom is -0.193 e. The molecule has 0 amide bonds. The lowest BCUT2D eigenvalue weighted by molar-refractivity contribution is 0.210. The SMILES string of the molecule is CCC[C@H]1CC[C@H](CCC2CCC(CCC=CC#N)CC2)CC1. The van der Waals surface area contributed by atoms with Crippen molar-refractivity contribution in [2.45, 2.75) is 96.8 Å². The summed E-state index contributed by atoms with van der Waals surface area (Å²) in [4.78, 5) is 0. The summed E-state index contributed by atoms with van der Waals surface area (Å²) in [5.74, 6) is 4.06. The molecule has 0 saturated heterocycles. The third-order valence-electron chi connectivity index (χ3n) is 6.55. The van der Waals surface area contributed by atoms with Crippen LogP contribution in [0.4, 0.5) is 0 Å². The average Bonchev–Trinajstić information content (AvgIpc) is 2.59. The molecule has 0 spiro atoms.